The first-order valence-corrected chi connectivity index (χ1v) is 8.61. The predicted octanol–water partition coefficient (Wildman–Crippen LogP) is 2.47. The zero-order valence-electron chi connectivity index (χ0n) is 14.7. The molecular weight excluding hydrogens is 262 g/mol. The van der Waals surface area contributed by atoms with Crippen molar-refractivity contribution in [3.63, 3.8) is 0 Å². The molecule has 0 aromatic carbocycles. The summed E-state index contributed by atoms with van der Waals surface area (Å²) in [7, 11) is 1.89. The smallest absolute Gasteiger partial charge is 0.236 e. The first kappa shape index (κ1) is 18.4. The van der Waals surface area contributed by atoms with Crippen molar-refractivity contribution in [3.8, 4) is 0 Å². The largest absolute Gasteiger partial charge is 0.342 e. The van der Waals surface area contributed by atoms with Gasteiger partial charge >= 0.3 is 0 Å². The van der Waals surface area contributed by atoms with Gasteiger partial charge in [0.15, 0.2) is 0 Å². The highest BCUT2D eigenvalue weighted by Crippen LogP contribution is 2.37. The Morgan fingerprint density at radius 3 is 2.24 bits per heavy atom. The van der Waals surface area contributed by atoms with Crippen LogP contribution in [0.1, 0.15) is 59.8 Å². The molecule has 0 saturated heterocycles. The molecule has 124 valence electrons. The lowest BCUT2D eigenvalue weighted by atomic mass is 9.74. The van der Waals surface area contributed by atoms with Crippen molar-refractivity contribution in [1.82, 2.24) is 9.80 Å². The van der Waals surface area contributed by atoms with Gasteiger partial charge in [-0.1, -0.05) is 20.3 Å². The lowest BCUT2D eigenvalue weighted by molar-refractivity contribution is -0.134. The van der Waals surface area contributed by atoms with Gasteiger partial charge in [0.1, 0.15) is 0 Å². The second kappa shape index (κ2) is 8.14. The fourth-order valence-corrected chi connectivity index (χ4v) is 3.45. The van der Waals surface area contributed by atoms with Crippen molar-refractivity contribution >= 4 is 5.91 Å². The van der Waals surface area contributed by atoms with E-state index >= 15 is 0 Å². The monoisotopic (exact) mass is 297 g/mol. The van der Waals surface area contributed by atoms with E-state index in [9.17, 15) is 4.79 Å². The van der Waals surface area contributed by atoms with Crippen LogP contribution in [0.2, 0.25) is 0 Å². The van der Waals surface area contributed by atoms with Gasteiger partial charge in [-0.2, -0.15) is 0 Å². The molecule has 4 nitrogen and oxygen atoms in total. The Hall–Kier alpha value is -0.610. The third kappa shape index (κ3) is 4.43. The van der Waals surface area contributed by atoms with Gasteiger partial charge in [0, 0.05) is 25.2 Å². The molecular formula is C17H35N3O. The van der Waals surface area contributed by atoms with E-state index in [2.05, 4.69) is 32.6 Å². The molecule has 0 spiro atoms. The molecule has 0 aromatic heterocycles. The van der Waals surface area contributed by atoms with Crippen LogP contribution in [0, 0.1) is 5.92 Å². The Balaban J connectivity index is 2.74. The zero-order chi connectivity index (χ0) is 16.0. The lowest BCUT2D eigenvalue weighted by Gasteiger charge is -2.47. The van der Waals surface area contributed by atoms with Crippen LogP contribution >= 0.6 is 0 Å². The number of nitrogens with two attached hydrogens (primary N) is 1. The molecule has 0 heterocycles. The van der Waals surface area contributed by atoms with Crippen LogP contribution in [0.5, 0.6) is 0 Å². The fraction of sp³-hybridized carbons (Fsp3) is 0.941. The summed E-state index contributed by atoms with van der Waals surface area (Å²) in [6, 6.07) is 0.251. The van der Waals surface area contributed by atoms with Crippen LogP contribution in [0.25, 0.3) is 0 Å². The average molecular weight is 297 g/mol. The molecule has 0 atom stereocenters. The number of carbonyl (C=O) groups is 1. The molecule has 4 heteroatoms. The minimum atomic E-state index is 0.0356. The minimum absolute atomic E-state index is 0.0356. The van der Waals surface area contributed by atoms with Crippen molar-refractivity contribution < 1.29 is 4.79 Å². The Morgan fingerprint density at radius 2 is 1.86 bits per heavy atom. The Kier molecular flexibility index (Phi) is 7.14. The molecule has 0 bridgehead atoms. The van der Waals surface area contributed by atoms with Gasteiger partial charge in [0.2, 0.25) is 5.91 Å². The van der Waals surface area contributed by atoms with Crippen molar-refractivity contribution in [2.45, 2.75) is 71.4 Å². The maximum Gasteiger partial charge on any atom is 0.236 e. The second-order valence-electron chi connectivity index (χ2n) is 6.89. The average Bonchev–Trinajstić information content (AvgIpc) is 2.51. The van der Waals surface area contributed by atoms with Gasteiger partial charge in [-0.3, -0.25) is 9.69 Å². The quantitative estimate of drug-likeness (QED) is 0.785. The third-order valence-electron chi connectivity index (χ3n) is 5.54. The van der Waals surface area contributed by atoms with E-state index in [4.69, 9.17) is 5.73 Å². The van der Waals surface area contributed by atoms with Crippen molar-refractivity contribution in [2.24, 2.45) is 11.7 Å². The van der Waals surface area contributed by atoms with Gasteiger partial charge in [-0.25, -0.2) is 0 Å². The molecule has 1 aliphatic rings. The number of amides is 1. The second-order valence-corrected chi connectivity index (χ2v) is 6.89. The highest BCUT2D eigenvalue weighted by molar-refractivity contribution is 5.78. The summed E-state index contributed by atoms with van der Waals surface area (Å²) in [5, 5.41) is 0. The summed E-state index contributed by atoms with van der Waals surface area (Å²) in [6.45, 7) is 10.6. The summed E-state index contributed by atoms with van der Waals surface area (Å²) in [5.41, 5.74) is 6.18. The number of carbonyl (C=O) groups excluding carboxylic acids is 1. The fourth-order valence-electron chi connectivity index (χ4n) is 3.45. The van der Waals surface area contributed by atoms with Gasteiger partial charge in [0.25, 0.3) is 0 Å². The molecule has 0 aromatic rings. The highest BCUT2D eigenvalue weighted by atomic mass is 16.2. The van der Waals surface area contributed by atoms with Crippen LogP contribution < -0.4 is 5.73 Å². The highest BCUT2D eigenvalue weighted by Gasteiger charge is 2.39. The maximum atomic E-state index is 12.4. The van der Waals surface area contributed by atoms with Crippen LogP contribution in [-0.2, 0) is 4.79 Å². The van der Waals surface area contributed by atoms with E-state index in [1.54, 1.807) is 0 Å². The van der Waals surface area contributed by atoms with E-state index in [1.807, 2.05) is 11.9 Å². The van der Waals surface area contributed by atoms with Crippen LogP contribution in [-0.4, -0.2) is 54.0 Å². The van der Waals surface area contributed by atoms with Gasteiger partial charge in [-0.15, -0.1) is 0 Å². The molecule has 0 aliphatic heterocycles. The van der Waals surface area contributed by atoms with Crippen LogP contribution in [0.4, 0.5) is 0 Å². The summed E-state index contributed by atoms with van der Waals surface area (Å²) in [6.07, 6.45) is 6.03. The van der Waals surface area contributed by atoms with Gasteiger partial charge < -0.3 is 10.6 Å². The SMILES string of the molecule is CCC1CCC(CN)(N(CC)CC(=O)N(C)C(C)C)CC1. The summed E-state index contributed by atoms with van der Waals surface area (Å²) in [4.78, 5) is 16.6. The van der Waals surface area contributed by atoms with E-state index in [0.29, 0.717) is 13.1 Å². The molecule has 1 saturated carbocycles. The third-order valence-corrected chi connectivity index (χ3v) is 5.54. The maximum absolute atomic E-state index is 12.4. The van der Waals surface area contributed by atoms with Gasteiger partial charge in [-0.05, 0) is 52.0 Å². The first-order chi connectivity index (χ1) is 9.90. The molecule has 1 aliphatic carbocycles. The molecule has 0 radical (unpaired) electrons. The topological polar surface area (TPSA) is 49.6 Å². The standard InChI is InChI=1S/C17H35N3O/c1-6-15-8-10-17(13-18,11-9-15)20(7-2)12-16(21)19(5)14(3)4/h14-15H,6-13,18H2,1-5H3. The van der Waals surface area contributed by atoms with E-state index in [-0.39, 0.29) is 17.5 Å². The summed E-state index contributed by atoms with van der Waals surface area (Å²) < 4.78 is 0. The van der Waals surface area contributed by atoms with E-state index < -0.39 is 0 Å². The van der Waals surface area contributed by atoms with Gasteiger partial charge in [0.05, 0.1) is 6.54 Å². The molecule has 1 rings (SSSR count). The predicted molar refractivity (Wildman–Crippen MR) is 89.2 cm³/mol. The molecule has 1 amide bonds. The van der Waals surface area contributed by atoms with Crippen molar-refractivity contribution in [1.29, 1.82) is 0 Å². The Bertz CT molecular complexity index is 322. The minimum Gasteiger partial charge on any atom is -0.342 e. The number of hydrogen-bond donors (Lipinski definition) is 1. The number of hydrogen-bond acceptors (Lipinski definition) is 3. The van der Waals surface area contributed by atoms with E-state index in [1.165, 1.54) is 19.3 Å². The number of rotatable bonds is 7. The summed E-state index contributed by atoms with van der Waals surface area (Å²) in [5.74, 6) is 1.05. The molecule has 1 fully saturated rings. The molecule has 21 heavy (non-hydrogen) atoms. The first-order valence-electron chi connectivity index (χ1n) is 8.61. The normalized spacial score (nSPS) is 26.4. The molecule has 0 unspecified atom stereocenters. The van der Waals surface area contributed by atoms with Crippen LogP contribution in [0.15, 0.2) is 0 Å². The zero-order valence-corrected chi connectivity index (χ0v) is 14.7. The van der Waals surface area contributed by atoms with Crippen molar-refractivity contribution in [2.75, 3.05) is 26.7 Å². The Morgan fingerprint density at radius 1 is 1.29 bits per heavy atom. The number of likely N-dealkylation sites (N-methyl/N-ethyl adjacent to an activating group) is 2. The summed E-state index contributed by atoms with van der Waals surface area (Å²) >= 11 is 0. The van der Waals surface area contributed by atoms with Crippen LogP contribution in [0.3, 0.4) is 0 Å². The number of nitrogens with zero attached hydrogens (tertiary/aromatic N) is 2. The lowest BCUT2D eigenvalue weighted by Crippen LogP contribution is -2.58. The van der Waals surface area contributed by atoms with E-state index in [0.717, 1.165) is 25.3 Å². The Labute approximate surface area is 131 Å². The van der Waals surface area contributed by atoms with Crippen molar-refractivity contribution in [3.05, 3.63) is 0 Å². The molecule has 2 N–H and O–H groups in total.